The van der Waals surface area contributed by atoms with Gasteiger partial charge >= 0.3 is 0 Å². The first-order chi connectivity index (χ1) is 13.2. The molecule has 0 aliphatic carbocycles. The van der Waals surface area contributed by atoms with Crippen molar-refractivity contribution >= 4 is 40.4 Å². The fourth-order valence-corrected chi connectivity index (χ4v) is 3.25. The molecule has 2 aromatic carbocycles. The van der Waals surface area contributed by atoms with E-state index in [1.165, 1.54) is 16.8 Å². The van der Waals surface area contributed by atoms with Crippen LogP contribution in [-0.2, 0) is 4.79 Å². The van der Waals surface area contributed by atoms with E-state index in [0.717, 1.165) is 11.3 Å². The molecule has 0 radical (unpaired) electrons. The molecule has 0 spiro atoms. The van der Waals surface area contributed by atoms with Crippen molar-refractivity contribution < 1.29 is 19.0 Å². The van der Waals surface area contributed by atoms with Crippen LogP contribution in [0.25, 0.3) is 0 Å². The zero-order valence-corrected chi connectivity index (χ0v) is 16.3. The largest absolute Gasteiger partial charge is 0.493 e. The molecule has 0 N–H and O–H groups in total. The number of benzene rings is 2. The predicted octanol–water partition coefficient (Wildman–Crippen LogP) is 3.35. The summed E-state index contributed by atoms with van der Waals surface area (Å²) in [4.78, 5) is 11.6. The molecule has 1 amide bonds. The zero-order chi connectivity index (χ0) is 19.1. The maximum atomic E-state index is 11.6. The molecule has 0 atom stereocenters. The number of thiocarbonyl (C=S) groups is 1. The van der Waals surface area contributed by atoms with Gasteiger partial charge in [0.2, 0.25) is 0 Å². The molecular formula is C19H18N2O4S2. The molecule has 2 aromatic rings. The maximum Gasteiger partial charge on any atom is 0.259 e. The molecule has 0 aromatic heterocycles. The highest BCUT2D eigenvalue weighted by Crippen LogP contribution is 2.25. The molecule has 6 nitrogen and oxygen atoms in total. The summed E-state index contributed by atoms with van der Waals surface area (Å²) in [6.07, 6.45) is 1.60. The van der Waals surface area contributed by atoms with Crippen LogP contribution in [0.1, 0.15) is 5.56 Å². The molecule has 27 heavy (non-hydrogen) atoms. The summed E-state index contributed by atoms with van der Waals surface area (Å²) >= 11 is 6.40. The molecule has 1 fully saturated rings. The number of hydrogen-bond donors (Lipinski definition) is 0. The van der Waals surface area contributed by atoms with Gasteiger partial charge in [-0.1, -0.05) is 36.1 Å². The van der Waals surface area contributed by atoms with Crippen LogP contribution in [0, 0.1) is 0 Å². The first kappa shape index (κ1) is 19.2. The van der Waals surface area contributed by atoms with Gasteiger partial charge in [0.1, 0.15) is 19.0 Å². The lowest BCUT2D eigenvalue weighted by Gasteiger charge is -2.11. The van der Waals surface area contributed by atoms with Crippen LogP contribution in [-0.4, -0.2) is 47.5 Å². The molecule has 0 bridgehead atoms. The zero-order valence-electron chi connectivity index (χ0n) is 14.7. The lowest BCUT2D eigenvalue weighted by Crippen LogP contribution is -2.22. The summed E-state index contributed by atoms with van der Waals surface area (Å²) < 4.78 is 17.0. The normalized spacial score (nSPS) is 14.0. The van der Waals surface area contributed by atoms with Crippen molar-refractivity contribution in [2.24, 2.45) is 5.10 Å². The van der Waals surface area contributed by atoms with E-state index in [9.17, 15) is 4.79 Å². The average molecular weight is 402 g/mol. The fourth-order valence-electron chi connectivity index (χ4n) is 2.28. The van der Waals surface area contributed by atoms with Crippen LogP contribution in [0.4, 0.5) is 0 Å². The summed E-state index contributed by atoms with van der Waals surface area (Å²) in [7, 11) is 1.61. The van der Waals surface area contributed by atoms with Gasteiger partial charge in [0.25, 0.3) is 5.91 Å². The van der Waals surface area contributed by atoms with Gasteiger partial charge < -0.3 is 14.2 Å². The molecule has 1 aliphatic rings. The minimum Gasteiger partial charge on any atom is -0.493 e. The van der Waals surface area contributed by atoms with Crippen LogP contribution < -0.4 is 14.2 Å². The standard InChI is InChI=1S/C19H18N2O4S2/c1-23-16-4-2-3-5-17(16)25-11-10-24-15-8-6-14(7-9-15)12-20-21-18(22)13-27-19(21)26/h2-9,12H,10-11,13H2,1H3/b20-12-. The number of nitrogens with zero attached hydrogens (tertiary/aromatic N) is 2. The third-order valence-electron chi connectivity index (χ3n) is 3.61. The molecule has 1 aliphatic heterocycles. The Labute approximate surface area is 167 Å². The van der Waals surface area contributed by atoms with Gasteiger partial charge in [0.15, 0.2) is 15.8 Å². The van der Waals surface area contributed by atoms with Gasteiger partial charge in [-0.3, -0.25) is 4.79 Å². The van der Waals surface area contributed by atoms with Crippen LogP contribution in [0.15, 0.2) is 53.6 Å². The van der Waals surface area contributed by atoms with Crippen LogP contribution in [0.5, 0.6) is 17.2 Å². The van der Waals surface area contributed by atoms with Crippen molar-refractivity contribution in [3.63, 3.8) is 0 Å². The van der Waals surface area contributed by atoms with E-state index < -0.39 is 0 Å². The minimum atomic E-state index is -0.101. The number of hydrazone groups is 1. The van der Waals surface area contributed by atoms with Crippen LogP contribution >= 0.6 is 24.0 Å². The van der Waals surface area contributed by atoms with Crippen molar-refractivity contribution in [3.05, 3.63) is 54.1 Å². The molecule has 0 saturated carbocycles. The number of amides is 1. The summed E-state index contributed by atoms with van der Waals surface area (Å²) in [5, 5.41) is 5.38. The number of carbonyl (C=O) groups excluding carboxylic acids is 1. The second kappa shape index (κ2) is 9.38. The lowest BCUT2D eigenvalue weighted by atomic mass is 10.2. The van der Waals surface area contributed by atoms with Gasteiger partial charge in [-0.2, -0.15) is 10.1 Å². The Hall–Kier alpha value is -2.58. The molecule has 1 saturated heterocycles. The van der Waals surface area contributed by atoms with Crippen LogP contribution in [0.2, 0.25) is 0 Å². The third kappa shape index (κ3) is 5.21. The summed E-state index contributed by atoms with van der Waals surface area (Å²) in [5.74, 6) is 2.34. The first-order valence-electron chi connectivity index (χ1n) is 8.20. The molecule has 3 rings (SSSR count). The number of rotatable bonds is 8. The molecular weight excluding hydrogens is 384 g/mol. The highest BCUT2D eigenvalue weighted by molar-refractivity contribution is 8.23. The van der Waals surface area contributed by atoms with Gasteiger partial charge in [-0.15, -0.1) is 0 Å². The number of para-hydroxylation sites is 2. The quantitative estimate of drug-likeness (QED) is 0.383. The monoisotopic (exact) mass is 402 g/mol. The average Bonchev–Trinajstić information content (AvgIpc) is 3.02. The SMILES string of the molecule is COc1ccccc1OCCOc1ccc(/C=N\N2C(=O)CSC2=S)cc1. The van der Waals surface area contributed by atoms with E-state index >= 15 is 0 Å². The van der Waals surface area contributed by atoms with E-state index in [1.54, 1.807) is 13.3 Å². The second-order valence-electron chi connectivity index (χ2n) is 5.42. The van der Waals surface area contributed by atoms with Gasteiger partial charge in [-0.25, -0.2) is 0 Å². The van der Waals surface area contributed by atoms with Gasteiger partial charge in [0.05, 0.1) is 19.1 Å². The summed E-state index contributed by atoms with van der Waals surface area (Å²) in [6.45, 7) is 0.801. The third-order valence-corrected chi connectivity index (χ3v) is 4.95. The Morgan fingerprint density at radius 3 is 2.48 bits per heavy atom. The molecule has 8 heteroatoms. The summed E-state index contributed by atoms with van der Waals surface area (Å²) in [5.41, 5.74) is 0.847. The maximum absolute atomic E-state index is 11.6. The second-order valence-corrected chi connectivity index (χ2v) is 7.03. The van der Waals surface area contributed by atoms with Crippen molar-refractivity contribution in [1.29, 1.82) is 0 Å². The lowest BCUT2D eigenvalue weighted by molar-refractivity contribution is -0.123. The highest BCUT2D eigenvalue weighted by Gasteiger charge is 2.25. The highest BCUT2D eigenvalue weighted by atomic mass is 32.2. The van der Waals surface area contributed by atoms with Crippen molar-refractivity contribution in [2.45, 2.75) is 0 Å². The number of ether oxygens (including phenoxy) is 3. The minimum absolute atomic E-state index is 0.101. The van der Waals surface area contributed by atoms with E-state index in [0.29, 0.717) is 34.8 Å². The van der Waals surface area contributed by atoms with E-state index in [2.05, 4.69) is 5.10 Å². The van der Waals surface area contributed by atoms with Crippen LogP contribution in [0.3, 0.4) is 0 Å². The van der Waals surface area contributed by atoms with E-state index in [1.807, 2.05) is 48.5 Å². The molecule has 0 unspecified atom stereocenters. The predicted molar refractivity (Wildman–Crippen MR) is 110 cm³/mol. The first-order valence-corrected chi connectivity index (χ1v) is 9.59. The van der Waals surface area contributed by atoms with Crippen molar-refractivity contribution in [1.82, 2.24) is 5.01 Å². The van der Waals surface area contributed by atoms with Gasteiger partial charge in [0, 0.05) is 0 Å². The number of thioether (sulfide) groups is 1. The fraction of sp³-hybridized carbons (Fsp3) is 0.211. The Morgan fingerprint density at radius 1 is 1.11 bits per heavy atom. The molecule has 1 heterocycles. The Bertz CT molecular complexity index is 824. The number of methoxy groups -OCH3 is 1. The van der Waals surface area contributed by atoms with E-state index in [-0.39, 0.29) is 5.91 Å². The van der Waals surface area contributed by atoms with Gasteiger partial charge in [-0.05, 0) is 42.0 Å². The molecule has 140 valence electrons. The summed E-state index contributed by atoms with van der Waals surface area (Å²) in [6, 6.07) is 14.9. The number of hydrogen-bond acceptors (Lipinski definition) is 7. The topological polar surface area (TPSA) is 60.4 Å². The van der Waals surface area contributed by atoms with E-state index in [4.69, 9.17) is 26.4 Å². The number of carbonyl (C=O) groups is 1. The smallest absolute Gasteiger partial charge is 0.259 e. The van der Waals surface area contributed by atoms with Crippen molar-refractivity contribution in [3.8, 4) is 17.2 Å². The Balaban J connectivity index is 1.46. The van der Waals surface area contributed by atoms with Crippen molar-refractivity contribution in [2.75, 3.05) is 26.1 Å². The Kier molecular flexibility index (Phi) is 6.67. The Morgan fingerprint density at radius 2 is 1.81 bits per heavy atom.